The second kappa shape index (κ2) is 6.17. The Labute approximate surface area is 131 Å². The molecule has 1 saturated carbocycles. The van der Waals surface area contributed by atoms with Gasteiger partial charge in [0.25, 0.3) is 0 Å². The second-order valence-corrected chi connectivity index (χ2v) is 6.49. The van der Waals surface area contributed by atoms with Gasteiger partial charge in [-0.05, 0) is 31.3 Å². The molecule has 0 aliphatic heterocycles. The van der Waals surface area contributed by atoms with Crippen molar-refractivity contribution in [3.8, 4) is 0 Å². The molecule has 1 amide bonds. The largest absolute Gasteiger partial charge is 0.393 e. The first-order chi connectivity index (χ1) is 10.1. The normalized spacial score (nSPS) is 22.4. The topological polar surface area (TPSA) is 66.6 Å². The lowest BCUT2D eigenvalue weighted by Crippen LogP contribution is -2.26. The van der Waals surface area contributed by atoms with Crippen LogP contribution in [0.1, 0.15) is 25.0 Å². The summed E-state index contributed by atoms with van der Waals surface area (Å²) in [5, 5.41) is 14.6. The first-order valence-corrected chi connectivity index (χ1v) is 8.14. The summed E-state index contributed by atoms with van der Waals surface area (Å²) in [4.78, 5) is 16.8. The number of aromatic nitrogens is 2. The molecular formula is C14H16ClN3O2S. The van der Waals surface area contributed by atoms with Gasteiger partial charge in [0.2, 0.25) is 5.91 Å². The first-order valence-electron chi connectivity index (χ1n) is 6.88. The number of halogens is 1. The zero-order chi connectivity index (χ0) is 14.8. The number of rotatable bonds is 4. The Morgan fingerprint density at radius 2 is 2.48 bits per heavy atom. The molecule has 0 spiro atoms. The molecular weight excluding hydrogens is 310 g/mol. The van der Waals surface area contributed by atoms with Crippen molar-refractivity contribution in [3.63, 3.8) is 0 Å². The molecule has 2 unspecified atom stereocenters. The summed E-state index contributed by atoms with van der Waals surface area (Å²) in [6, 6.07) is 0. The number of carbonyl (C=O) groups excluding carboxylic acids is 1. The van der Waals surface area contributed by atoms with Gasteiger partial charge in [-0.25, -0.2) is 4.98 Å². The molecule has 7 heteroatoms. The molecule has 0 aromatic carbocycles. The highest BCUT2D eigenvalue weighted by atomic mass is 35.5. The fourth-order valence-corrected chi connectivity index (χ4v) is 3.62. The number of aliphatic hydroxyl groups is 1. The van der Waals surface area contributed by atoms with Gasteiger partial charge in [0, 0.05) is 24.2 Å². The molecule has 112 valence electrons. The predicted molar refractivity (Wildman–Crippen MR) is 83.5 cm³/mol. The Hall–Kier alpha value is -1.37. The molecule has 0 saturated heterocycles. The van der Waals surface area contributed by atoms with E-state index in [2.05, 4.69) is 10.3 Å². The number of imidazole rings is 1. The Bertz CT molecular complexity index is 679. The zero-order valence-corrected chi connectivity index (χ0v) is 12.9. The van der Waals surface area contributed by atoms with Crippen molar-refractivity contribution in [1.82, 2.24) is 14.7 Å². The number of aliphatic hydroxyl groups excluding tert-OH is 1. The van der Waals surface area contributed by atoms with Gasteiger partial charge in [-0.1, -0.05) is 11.6 Å². The van der Waals surface area contributed by atoms with Gasteiger partial charge in [-0.2, -0.15) is 0 Å². The van der Waals surface area contributed by atoms with Gasteiger partial charge in [-0.3, -0.25) is 9.20 Å². The van der Waals surface area contributed by atoms with E-state index in [1.807, 2.05) is 16.0 Å². The van der Waals surface area contributed by atoms with Gasteiger partial charge in [0.15, 0.2) is 10.1 Å². The van der Waals surface area contributed by atoms with Gasteiger partial charge in [0.05, 0.1) is 11.8 Å². The minimum Gasteiger partial charge on any atom is -0.393 e. The van der Waals surface area contributed by atoms with Crippen LogP contribution in [0.3, 0.4) is 0 Å². The zero-order valence-electron chi connectivity index (χ0n) is 11.3. The van der Waals surface area contributed by atoms with Crippen LogP contribution in [0, 0.1) is 5.92 Å². The molecule has 2 N–H and O–H groups in total. The van der Waals surface area contributed by atoms with Crippen molar-refractivity contribution in [2.75, 3.05) is 6.54 Å². The first kappa shape index (κ1) is 14.6. The maximum atomic E-state index is 11.8. The molecule has 1 aliphatic rings. The highest BCUT2D eigenvalue weighted by molar-refractivity contribution is 7.15. The number of fused-ring (bicyclic) bond motifs is 1. The van der Waals surface area contributed by atoms with Crippen LogP contribution in [-0.2, 0) is 4.79 Å². The van der Waals surface area contributed by atoms with Crippen LogP contribution in [0.2, 0.25) is 5.15 Å². The van der Waals surface area contributed by atoms with E-state index in [1.165, 1.54) is 17.4 Å². The average molecular weight is 326 g/mol. The van der Waals surface area contributed by atoms with Crippen LogP contribution in [0.15, 0.2) is 17.7 Å². The molecule has 2 atom stereocenters. The Balaban J connectivity index is 1.59. The summed E-state index contributed by atoms with van der Waals surface area (Å²) in [5.74, 6) is 0.220. The van der Waals surface area contributed by atoms with Crippen molar-refractivity contribution in [1.29, 1.82) is 0 Å². The molecule has 0 radical (unpaired) electrons. The van der Waals surface area contributed by atoms with Crippen molar-refractivity contribution in [2.45, 2.75) is 25.4 Å². The van der Waals surface area contributed by atoms with Crippen molar-refractivity contribution in [2.24, 2.45) is 5.92 Å². The van der Waals surface area contributed by atoms with Gasteiger partial charge in [0.1, 0.15) is 0 Å². The summed E-state index contributed by atoms with van der Waals surface area (Å²) in [5.41, 5.74) is 0.708. The minimum atomic E-state index is -0.208. The third-order valence-electron chi connectivity index (χ3n) is 3.73. The molecule has 2 aromatic rings. The molecule has 5 nitrogen and oxygen atoms in total. The van der Waals surface area contributed by atoms with Gasteiger partial charge in [-0.15, -0.1) is 11.3 Å². The van der Waals surface area contributed by atoms with E-state index in [-0.39, 0.29) is 12.0 Å². The van der Waals surface area contributed by atoms with E-state index in [0.29, 0.717) is 23.3 Å². The van der Waals surface area contributed by atoms with E-state index in [4.69, 9.17) is 11.6 Å². The minimum absolute atomic E-state index is 0.155. The van der Waals surface area contributed by atoms with E-state index in [9.17, 15) is 9.90 Å². The molecule has 2 heterocycles. The van der Waals surface area contributed by atoms with Crippen LogP contribution in [-0.4, -0.2) is 33.0 Å². The number of nitrogens with zero attached hydrogens (tertiary/aromatic N) is 2. The third kappa shape index (κ3) is 3.28. The van der Waals surface area contributed by atoms with E-state index >= 15 is 0 Å². The molecule has 0 bridgehead atoms. The van der Waals surface area contributed by atoms with E-state index in [0.717, 1.165) is 24.2 Å². The Morgan fingerprint density at radius 1 is 1.62 bits per heavy atom. The number of carbonyl (C=O) groups is 1. The summed E-state index contributed by atoms with van der Waals surface area (Å²) >= 11 is 7.55. The van der Waals surface area contributed by atoms with Gasteiger partial charge >= 0.3 is 0 Å². The molecule has 1 aliphatic carbocycles. The van der Waals surface area contributed by atoms with E-state index < -0.39 is 0 Å². The third-order valence-corrected chi connectivity index (χ3v) is 4.76. The van der Waals surface area contributed by atoms with Crippen LogP contribution in [0.4, 0.5) is 0 Å². The van der Waals surface area contributed by atoms with Crippen molar-refractivity contribution < 1.29 is 9.90 Å². The maximum absolute atomic E-state index is 11.8. The fraction of sp³-hybridized carbons (Fsp3) is 0.429. The summed E-state index contributed by atoms with van der Waals surface area (Å²) in [7, 11) is 0. The Morgan fingerprint density at radius 3 is 3.24 bits per heavy atom. The average Bonchev–Trinajstić information content (AvgIpc) is 3.11. The summed E-state index contributed by atoms with van der Waals surface area (Å²) < 4.78 is 1.85. The molecule has 3 rings (SSSR count). The standard InChI is InChI=1S/C14H16ClN3O2S/c15-13-11(18-5-6-21-14(18)17-13)3-4-12(20)16-8-9-1-2-10(19)7-9/h3-6,9-10,19H,1-2,7-8H2,(H,16,20)/b4-3+. The van der Waals surface area contributed by atoms with Crippen LogP contribution in [0.5, 0.6) is 0 Å². The molecule has 1 fully saturated rings. The molecule has 21 heavy (non-hydrogen) atoms. The lowest BCUT2D eigenvalue weighted by molar-refractivity contribution is -0.116. The number of hydrogen-bond acceptors (Lipinski definition) is 4. The SMILES string of the molecule is O=C(/C=C/c1c(Cl)nc2sccn12)NCC1CCC(O)C1. The number of nitrogens with one attached hydrogen (secondary N) is 1. The van der Waals surface area contributed by atoms with Crippen LogP contribution in [0.25, 0.3) is 11.0 Å². The highest BCUT2D eigenvalue weighted by Crippen LogP contribution is 2.24. The smallest absolute Gasteiger partial charge is 0.244 e. The van der Waals surface area contributed by atoms with Crippen LogP contribution >= 0.6 is 22.9 Å². The van der Waals surface area contributed by atoms with E-state index in [1.54, 1.807) is 6.08 Å². The maximum Gasteiger partial charge on any atom is 0.244 e. The van der Waals surface area contributed by atoms with Crippen LogP contribution < -0.4 is 5.32 Å². The van der Waals surface area contributed by atoms with Crippen molar-refractivity contribution >= 4 is 39.9 Å². The highest BCUT2D eigenvalue weighted by Gasteiger charge is 2.22. The summed E-state index contributed by atoms with van der Waals surface area (Å²) in [6.07, 6.45) is 7.38. The number of hydrogen-bond donors (Lipinski definition) is 2. The lowest BCUT2D eigenvalue weighted by Gasteiger charge is -2.09. The van der Waals surface area contributed by atoms with Crippen molar-refractivity contribution in [3.05, 3.63) is 28.5 Å². The number of thiazole rings is 1. The fourth-order valence-electron chi connectivity index (χ4n) is 2.62. The predicted octanol–water partition coefficient (Wildman–Crippen LogP) is 2.34. The molecule has 2 aromatic heterocycles. The second-order valence-electron chi connectivity index (χ2n) is 5.25. The summed E-state index contributed by atoms with van der Waals surface area (Å²) in [6.45, 7) is 0.605. The monoisotopic (exact) mass is 325 g/mol. The Kier molecular flexibility index (Phi) is 4.28. The number of amides is 1. The lowest BCUT2D eigenvalue weighted by atomic mass is 10.1. The van der Waals surface area contributed by atoms with Gasteiger partial charge < -0.3 is 10.4 Å². The quantitative estimate of drug-likeness (QED) is 0.848.